The predicted octanol–water partition coefficient (Wildman–Crippen LogP) is 3.07. The van der Waals surface area contributed by atoms with Crippen LogP contribution in [-0.4, -0.2) is 45.6 Å². The number of nitrogens with zero attached hydrogens (tertiary/aromatic N) is 3. The summed E-state index contributed by atoms with van der Waals surface area (Å²) in [5, 5.41) is 3.69. The number of carbonyl (C=O) groups excluding carboxylic acids is 1. The molecule has 0 aromatic carbocycles. The van der Waals surface area contributed by atoms with Crippen molar-refractivity contribution in [3.8, 4) is 0 Å². The highest BCUT2D eigenvalue weighted by molar-refractivity contribution is 6.41. The molecule has 23 heavy (non-hydrogen) atoms. The second kappa shape index (κ2) is 6.65. The molecule has 1 aromatic rings. The van der Waals surface area contributed by atoms with Crippen LogP contribution in [0, 0.1) is 0 Å². The van der Waals surface area contributed by atoms with Gasteiger partial charge in [-0.1, -0.05) is 23.2 Å². The maximum Gasteiger partial charge on any atom is 0.410 e. The molecule has 1 aromatic heterocycles. The highest BCUT2D eigenvalue weighted by Gasteiger charge is 2.36. The number of hydrogen-bond donors (Lipinski definition) is 0. The summed E-state index contributed by atoms with van der Waals surface area (Å²) in [7, 11) is 0. The van der Waals surface area contributed by atoms with Crippen molar-refractivity contribution in [1.29, 1.82) is 0 Å². The minimum absolute atomic E-state index is 0.0227. The molecular formula is C14H18Cl2FN3O3. The first kappa shape index (κ1) is 18.0. The van der Waals surface area contributed by atoms with Crippen LogP contribution in [0.4, 0.5) is 9.18 Å². The number of piperidine rings is 1. The van der Waals surface area contributed by atoms with Gasteiger partial charge in [0.15, 0.2) is 0 Å². The molecule has 1 amide bonds. The average Bonchev–Trinajstić information content (AvgIpc) is 2.44. The number of hydrogen-bond acceptors (Lipinski definition) is 4. The third-order valence-electron chi connectivity index (χ3n) is 3.37. The van der Waals surface area contributed by atoms with Gasteiger partial charge in [0.25, 0.3) is 5.56 Å². The molecule has 0 N–H and O–H groups in total. The fourth-order valence-corrected chi connectivity index (χ4v) is 2.58. The quantitative estimate of drug-likeness (QED) is 0.766. The molecule has 6 nitrogen and oxygen atoms in total. The van der Waals surface area contributed by atoms with Gasteiger partial charge in [0.2, 0.25) is 0 Å². The monoisotopic (exact) mass is 365 g/mol. The van der Waals surface area contributed by atoms with Gasteiger partial charge in [-0.05, 0) is 27.2 Å². The van der Waals surface area contributed by atoms with Crippen molar-refractivity contribution in [2.45, 2.75) is 45.0 Å². The minimum Gasteiger partial charge on any atom is -0.444 e. The van der Waals surface area contributed by atoms with Gasteiger partial charge in [-0.25, -0.2) is 13.9 Å². The number of rotatable bonds is 1. The van der Waals surface area contributed by atoms with E-state index in [9.17, 15) is 14.0 Å². The summed E-state index contributed by atoms with van der Waals surface area (Å²) in [6, 6.07) is -0.795. The first-order valence-electron chi connectivity index (χ1n) is 7.15. The first-order chi connectivity index (χ1) is 10.6. The number of halogens is 3. The topological polar surface area (TPSA) is 64.4 Å². The molecule has 0 radical (unpaired) electrons. The minimum atomic E-state index is -1.46. The normalized spacial score (nSPS) is 22.1. The molecule has 0 bridgehead atoms. The molecule has 128 valence electrons. The maximum absolute atomic E-state index is 14.5. The predicted molar refractivity (Wildman–Crippen MR) is 84.9 cm³/mol. The Balaban J connectivity index is 2.12. The zero-order valence-electron chi connectivity index (χ0n) is 13.1. The van der Waals surface area contributed by atoms with Crippen LogP contribution in [0.2, 0.25) is 10.0 Å². The Morgan fingerprint density at radius 2 is 2.09 bits per heavy atom. The van der Waals surface area contributed by atoms with Gasteiger partial charge >= 0.3 is 6.09 Å². The molecule has 2 atom stereocenters. The third kappa shape index (κ3) is 4.14. The Morgan fingerprint density at radius 1 is 1.43 bits per heavy atom. The molecule has 9 heteroatoms. The lowest BCUT2D eigenvalue weighted by molar-refractivity contribution is 0.00534. The lowest BCUT2D eigenvalue weighted by atomic mass is 10.0. The Bertz CT molecular complexity index is 660. The van der Waals surface area contributed by atoms with Crippen LogP contribution in [0.1, 0.15) is 33.2 Å². The molecule has 0 aliphatic carbocycles. The van der Waals surface area contributed by atoms with Crippen LogP contribution < -0.4 is 5.56 Å². The highest BCUT2D eigenvalue weighted by atomic mass is 35.5. The van der Waals surface area contributed by atoms with Crippen molar-refractivity contribution in [1.82, 2.24) is 14.7 Å². The van der Waals surface area contributed by atoms with Crippen LogP contribution in [-0.2, 0) is 4.74 Å². The lowest BCUT2D eigenvalue weighted by Crippen LogP contribution is -2.49. The van der Waals surface area contributed by atoms with Crippen molar-refractivity contribution < 1.29 is 13.9 Å². The summed E-state index contributed by atoms with van der Waals surface area (Å²) in [5.74, 6) is 0. The highest BCUT2D eigenvalue weighted by Crippen LogP contribution is 2.26. The second-order valence-corrected chi connectivity index (χ2v) is 7.14. The van der Waals surface area contributed by atoms with Gasteiger partial charge in [0.05, 0.1) is 23.8 Å². The summed E-state index contributed by atoms with van der Waals surface area (Å²) >= 11 is 11.5. The van der Waals surface area contributed by atoms with Crippen molar-refractivity contribution >= 4 is 29.3 Å². The van der Waals surface area contributed by atoms with Gasteiger partial charge < -0.3 is 9.64 Å². The fraction of sp³-hybridized carbons (Fsp3) is 0.643. The van der Waals surface area contributed by atoms with E-state index in [1.165, 1.54) is 11.1 Å². The summed E-state index contributed by atoms with van der Waals surface area (Å²) in [5.41, 5.74) is -1.29. The number of aromatic nitrogens is 2. The number of alkyl halides is 1. The van der Waals surface area contributed by atoms with Crippen LogP contribution in [0.5, 0.6) is 0 Å². The van der Waals surface area contributed by atoms with Crippen molar-refractivity contribution in [2.75, 3.05) is 13.1 Å². The fourth-order valence-electron chi connectivity index (χ4n) is 2.32. The molecular weight excluding hydrogens is 348 g/mol. The van der Waals surface area contributed by atoms with Crippen molar-refractivity contribution in [3.63, 3.8) is 0 Å². The van der Waals surface area contributed by atoms with Gasteiger partial charge in [0, 0.05) is 6.54 Å². The third-order valence-corrected chi connectivity index (χ3v) is 4.12. The van der Waals surface area contributed by atoms with Crippen LogP contribution in [0.3, 0.4) is 0 Å². The molecule has 2 heterocycles. The van der Waals surface area contributed by atoms with Crippen molar-refractivity contribution in [2.24, 2.45) is 0 Å². The molecule has 1 aliphatic heterocycles. The standard InChI is InChI=1S/C14H18Cl2FN3O3/c1-14(2,3)23-13(22)19-5-4-10(9(17)7-19)20-12(21)11(16)8(15)6-18-20/h6,9-10H,4-5,7H2,1-3H3. The number of amides is 1. The van der Waals surface area contributed by atoms with Gasteiger partial charge in [-0.15, -0.1) is 0 Å². The zero-order valence-corrected chi connectivity index (χ0v) is 14.6. The summed E-state index contributed by atoms with van der Waals surface area (Å²) in [6.07, 6.45) is -0.601. The van der Waals surface area contributed by atoms with Crippen LogP contribution in [0.15, 0.2) is 11.0 Å². The van der Waals surface area contributed by atoms with E-state index in [-0.39, 0.29) is 29.6 Å². The Kier molecular flexibility index (Phi) is 5.20. The van der Waals surface area contributed by atoms with Crippen LogP contribution >= 0.6 is 23.2 Å². The SMILES string of the molecule is CC(C)(C)OC(=O)N1CCC(n2ncc(Cl)c(Cl)c2=O)C(F)C1. The molecule has 1 saturated heterocycles. The maximum atomic E-state index is 14.5. The van der Waals surface area contributed by atoms with Gasteiger partial charge in [0.1, 0.15) is 16.8 Å². The molecule has 0 saturated carbocycles. The molecule has 1 fully saturated rings. The van der Waals surface area contributed by atoms with E-state index in [2.05, 4.69) is 5.10 Å². The Hall–Kier alpha value is -1.34. The zero-order chi connectivity index (χ0) is 17.4. The van der Waals surface area contributed by atoms with Gasteiger partial charge in [-0.3, -0.25) is 4.79 Å². The molecule has 1 aliphatic rings. The van der Waals surface area contributed by atoms with Gasteiger partial charge in [-0.2, -0.15) is 5.10 Å². The summed E-state index contributed by atoms with van der Waals surface area (Å²) in [6.45, 7) is 5.31. The smallest absolute Gasteiger partial charge is 0.410 e. The molecule has 0 spiro atoms. The molecule has 2 rings (SSSR count). The van der Waals surface area contributed by atoms with Crippen molar-refractivity contribution in [3.05, 3.63) is 26.6 Å². The van der Waals surface area contributed by atoms with E-state index < -0.39 is 29.5 Å². The second-order valence-electron chi connectivity index (χ2n) is 6.35. The lowest BCUT2D eigenvalue weighted by Gasteiger charge is -2.35. The van der Waals surface area contributed by atoms with E-state index >= 15 is 0 Å². The number of carbonyl (C=O) groups is 1. The van der Waals surface area contributed by atoms with E-state index in [1.807, 2.05) is 0 Å². The van der Waals surface area contributed by atoms with Crippen LogP contribution in [0.25, 0.3) is 0 Å². The number of likely N-dealkylation sites (tertiary alicyclic amines) is 1. The molecule has 2 unspecified atom stereocenters. The largest absolute Gasteiger partial charge is 0.444 e. The van der Waals surface area contributed by atoms with E-state index in [1.54, 1.807) is 20.8 Å². The van der Waals surface area contributed by atoms with E-state index in [0.29, 0.717) is 0 Å². The first-order valence-corrected chi connectivity index (χ1v) is 7.90. The summed E-state index contributed by atoms with van der Waals surface area (Å²) in [4.78, 5) is 25.3. The summed E-state index contributed by atoms with van der Waals surface area (Å²) < 4.78 is 20.7. The Labute approximate surface area is 143 Å². The van der Waals surface area contributed by atoms with E-state index in [0.717, 1.165) is 4.68 Å². The van der Waals surface area contributed by atoms with E-state index in [4.69, 9.17) is 27.9 Å². The Morgan fingerprint density at radius 3 is 2.65 bits per heavy atom. The number of ether oxygens (including phenoxy) is 1. The average molecular weight is 366 g/mol.